The van der Waals surface area contributed by atoms with E-state index in [9.17, 15) is 18.8 Å². The number of nitrogens with one attached hydrogen (secondary N) is 1. The van der Waals surface area contributed by atoms with Crippen LogP contribution in [0.1, 0.15) is 20.7 Å². The number of rotatable bonds is 3. The number of nitrogen functional groups attached to an aromatic ring is 1. The molecule has 1 saturated heterocycles. The van der Waals surface area contributed by atoms with Crippen LogP contribution in [-0.2, 0) is 4.74 Å². The van der Waals surface area contributed by atoms with Gasteiger partial charge < -0.3 is 15.2 Å². The molecular weight excluding hydrogens is 333 g/mol. The first kappa shape index (κ1) is 15.3. The second-order valence-electron chi connectivity index (χ2n) is 5.64. The fourth-order valence-corrected chi connectivity index (χ4v) is 2.77. The van der Waals surface area contributed by atoms with Crippen molar-refractivity contribution >= 4 is 17.6 Å². The van der Waals surface area contributed by atoms with Crippen LogP contribution in [0.4, 0.5) is 10.2 Å². The molecule has 1 aromatic carbocycles. The smallest absolute Gasteiger partial charge is 0.262 e. The van der Waals surface area contributed by atoms with Gasteiger partial charge in [-0.1, -0.05) is 6.07 Å². The van der Waals surface area contributed by atoms with E-state index in [1.165, 1.54) is 18.2 Å². The number of anilines is 1. The van der Waals surface area contributed by atoms with Crippen molar-refractivity contribution in [3.8, 4) is 11.4 Å². The number of nitrogens with two attached hydrogens (primary N) is 1. The van der Waals surface area contributed by atoms with Gasteiger partial charge in [-0.25, -0.2) is 4.39 Å². The lowest BCUT2D eigenvalue weighted by molar-refractivity contribution is -0.0808. The van der Waals surface area contributed by atoms with Gasteiger partial charge in [0.25, 0.3) is 17.4 Å². The van der Waals surface area contributed by atoms with Gasteiger partial charge in [-0.3, -0.25) is 24.3 Å². The summed E-state index contributed by atoms with van der Waals surface area (Å²) in [6.45, 7) is 0.610. The van der Waals surface area contributed by atoms with Crippen molar-refractivity contribution in [2.75, 3.05) is 18.9 Å². The Kier molecular flexibility index (Phi) is 3.32. The molecule has 9 heteroatoms. The van der Waals surface area contributed by atoms with Crippen LogP contribution in [0.3, 0.4) is 0 Å². The van der Waals surface area contributed by atoms with Crippen molar-refractivity contribution in [3.63, 3.8) is 0 Å². The Morgan fingerprint density at radius 2 is 2.00 bits per heavy atom. The van der Waals surface area contributed by atoms with E-state index in [-0.39, 0.29) is 34.5 Å². The minimum atomic E-state index is -0.711. The van der Waals surface area contributed by atoms with Gasteiger partial charge >= 0.3 is 0 Å². The second-order valence-corrected chi connectivity index (χ2v) is 5.64. The first-order chi connectivity index (χ1) is 12.0. The maximum absolute atomic E-state index is 14.3. The average Bonchev–Trinajstić information content (AvgIpc) is 2.79. The largest absolute Gasteiger partial charge is 0.480 e. The number of carbonyl (C=O) groups excluding carboxylic acids is 2. The molecule has 0 unspecified atom stereocenters. The lowest BCUT2D eigenvalue weighted by Gasteiger charge is -2.28. The molecule has 1 aromatic heterocycles. The predicted octanol–water partition coefficient (Wildman–Crippen LogP) is 0.220. The lowest BCUT2D eigenvalue weighted by atomic mass is 10.1. The van der Waals surface area contributed by atoms with Crippen LogP contribution >= 0.6 is 0 Å². The van der Waals surface area contributed by atoms with E-state index in [2.05, 4.69) is 5.32 Å². The van der Waals surface area contributed by atoms with Crippen molar-refractivity contribution in [2.24, 2.45) is 0 Å². The van der Waals surface area contributed by atoms with Gasteiger partial charge in [0.1, 0.15) is 11.9 Å². The average molecular weight is 345 g/mol. The fourth-order valence-electron chi connectivity index (χ4n) is 2.77. The highest BCUT2D eigenvalue weighted by Gasteiger charge is 2.33. The summed E-state index contributed by atoms with van der Waals surface area (Å²) in [6.07, 6.45) is -0.341. The Morgan fingerprint density at radius 1 is 1.24 bits per heavy atom. The lowest BCUT2D eigenvalue weighted by Crippen LogP contribution is -2.39. The summed E-state index contributed by atoms with van der Waals surface area (Å²) in [5.74, 6) is -2.52. The minimum Gasteiger partial charge on any atom is -0.480 e. The summed E-state index contributed by atoms with van der Waals surface area (Å²) in [5.41, 5.74) is 5.11. The Bertz CT molecular complexity index is 980. The maximum atomic E-state index is 14.3. The molecule has 2 aliphatic rings. The zero-order chi connectivity index (χ0) is 17.7. The molecule has 4 rings (SSSR count). The molecule has 0 spiro atoms. The standard InChI is InChI=1S/C16H12FN3O5/c17-9-2-1-3-10(13(9)25-7-5-24-6-7)20-11(21)4-8-12(14(20)18)16(23)19-15(8)22/h1-4,7H,5-6,18H2,(H,19,22,23). The monoisotopic (exact) mass is 345 g/mol. The Labute approximate surface area is 139 Å². The molecule has 2 amide bonds. The highest BCUT2D eigenvalue weighted by Crippen LogP contribution is 2.31. The number of carbonyl (C=O) groups is 2. The van der Waals surface area contributed by atoms with Gasteiger partial charge in [0.15, 0.2) is 11.6 Å². The Balaban J connectivity index is 1.93. The maximum Gasteiger partial charge on any atom is 0.262 e. The Hall–Kier alpha value is -3.20. The minimum absolute atomic E-state index is 0.0457. The first-order valence-corrected chi connectivity index (χ1v) is 7.42. The van der Waals surface area contributed by atoms with E-state index in [0.29, 0.717) is 13.2 Å². The van der Waals surface area contributed by atoms with Crippen LogP contribution in [0.5, 0.6) is 5.75 Å². The molecule has 3 N–H and O–H groups in total. The second kappa shape index (κ2) is 5.42. The summed E-state index contributed by atoms with van der Waals surface area (Å²) in [6, 6.07) is 5.01. The Morgan fingerprint density at radius 3 is 2.68 bits per heavy atom. The molecule has 128 valence electrons. The molecule has 0 atom stereocenters. The zero-order valence-electron chi connectivity index (χ0n) is 12.7. The number of hydrogen-bond acceptors (Lipinski definition) is 6. The SMILES string of the molecule is Nc1c2c(cc(=O)n1-c1cccc(F)c1OC1COC1)C(=O)NC2=O. The molecule has 0 aliphatic carbocycles. The number of ether oxygens (including phenoxy) is 2. The van der Waals surface area contributed by atoms with E-state index in [4.69, 9.17) is 15.2 Å². The normalized spacial score (nSPS) is 16.4. The van der Waals surface area contributed by atoms with Gasteiger partial charge in [0.2, 0.25) is 0 Å². The molecule has 0 saturated carbocycles. The van der Waals surface area contributed by atoms with Gasteiger partial charge in [-0.05, 0) is 12.1 Å². The summed E-state index contributed by atoms with van der Waals surface area (Å²) in [7, 11) is 0. The number of fused-ring (bicyclic) bond motifs is 1. The topological polar surface area (TPSA) is 113 Å². The fraction of sp³-hybridized carbons (Fsp3) is 0.188. The summed E-state index contributed by atoms with van der Waals surface area (Å²) >= 11 is 0. The van der Waals surface area contributed by atoms with E-state index >= 15 is 0 Å². The molecule has 1 fully saturated rings. The van der Waals surface area contributed by atoms with Gasteiger partial charge in [0.05, 0.1) is 30.0 Å². The van der Waals surface area contributed by atoms with E-state index in [1.54, 1.807) is 0 Å². The van der Waals surface area contributed by atoms with Crippen LogP contribution in [0.2, 0.25) is 0 Å². The van der Waals surface area contributed by atoms with Crippen LogP contribution in [0, 0.1) is 5.82 Å². The number of benzene rings is 1. The molecule has 0 bridgehead atoms. The number of amides is 2. The number of nitrogens with zero attached hydrogens (tertiary/aromatic N) is 1. The zero-order valence-corrected chi connectivity index (χ0v) is 12.7. The van der Waals surface area contributed by atoms with Crippen LogP contribution in [0.25, 0.3) is 5.69 Å². The summed E-state index contributed by atoms with van der Waals surface area (Å²) in [5, 5.41) is 2.07. The quantitative estimate of drug-likeness (QED) is 0.770. The van der Waals surface area contributed by atoms with Crippen molar-refractivity contribution in [2.45, 2.75) is 6.10 Å². The van der Waals surface area contributed by atoms with Gasteiger partial charge in [-0.2, -0.15) is 0 Å². The highest BCUT2D eigenvalue weighted by atomic mass is 19.1. The third-order valence-electron chi connectivity index (χ3n) is 4.03. The van der Waals surface area contributed by atoms with E-state index in [0.717, 1.165) is 10.6 Å². The molecule has 3 heterocycles. The molecule has 25 heavy (non-hydrogen) atoms. The number of aromatic nitrogens is 1. The first-order valence-electron chi connectivity index (χ1n) is 7.42. The molecule has 0 radical (unpaired) electrons. The van der Waals surface area contributed by atoms with E-state index < -0.39 is 23.2 Å². The van der Waals surface area contributed by atoms with E-state index in [1.807, 2.05) is 0 Å². The highest BCUT2D eigenvalue weighted by molar-refractivity contribution is 6.23. The molecule has 2 aliphatic heterocycles. The number of hydrogen-bond donors (Lipinski definition) is 2. The molecular formula is C16H12FN3O5. The molecule has 8 nitrogen and oxygen atoms in total. The number of pyridine rings is 1. The number of para-hydroxylation sites is 1. The molecule has 2 aromatic rings. The third kappa shape index (κ3) is 2.28. The van der Waals surface area contributed by atoms with Crippen molar-refractivity contribution in [1.82, 2.24) is 9.88 Å². The predicted molar refractivity (Wildman–Crippen MR) is 83.4 cm³/mol. The van der Waals surface area contributed by atoms with Crippen molar-refractivity contribution in [1.29, 1.82) is 0 Å². The van der Waals surface area contributed by atoms with Crippen LogP contribution in [0.15, 0.2) is 29.1 Å². The van der Waals surface area contributed by atoms with Crippen LogP contribution in [-0.4, -0.2) is 35.7 Å². The van der Waals surface area contributed by atoms with Crippen LogP contribution < -0.4 is 21.3 Å². The van der Waals surface area contributed by atoms with Gasteiger partial charge in [-0.15, -0.1) is 0 Å². The number of halogens is 1. The summed E-state index contributed by atoms with van der Waals surface area (Å²) in [4.78, 5) is 36.1. The van der Waals surface area contributed by atoms with Crippen molar-refractivity contribution in [3.05, 3.63) is 51.6 Å². The third-order valence-corrected chi connectivity index (χ3v) is 4.03. The number of imide groups is 1. The van der Waals surface area contributed by atoms with Gasteiger partial charge in [0, 0.05) is 6.07 Å². The summed E-state index contributed by atoms with van der Waals surface area (Å²) < 4.78 is 25.8. The van der Waals surface area contributed by atoms with Crippen molar-refractivity contribution < 1.29 is 23.5 Å².